The predicted molar refractivity (Wildman–Crippen MR) is 146 cm³/mol. The zero-order valence-corrected chi connectivity index (χ0v) is 23.9. The van der Waals surface area contributed by atoms with Crippen LogP contribution in [0.5, 0.6) is 5.75 Å². The summed E-state index contributed by atoms with van der Waals surface area (Å²) in [6.07, 6.45) is 1.50. The number of nitro groups is 1. The Balaban J connectivity index is 2.57. The fourth-order valence-electron chi connectivity index (χ4n) is 3.48. The molecule has 0 aliphatic heterocycles. The molecule has 38 heavy (non-hydrogen) atoms. The molecule has 0 bridgehead atoms. The van der Waals surface area contributed by atoms with Gasteiger partial charge >= 0.3 is 0 Å². The van der Waals surface area contributed by atoms with E-state index in [2.05, 4.69) is 5.32 Å². The number of anilines is 1. The van der Waals surface area contributed by atoms with Crippen LogP contribution in [0, 0.1) is 10.1 Å². The molecule has 11 nitrogen and oxygen atoms in total. The number of halogens is 2. The summed E-state index contributed by atoms with van der Waals surface area (Å²) in [6, 6.07) is 6.95. The smallest absolute Gasteiger partial charge is 0.271 e. The molecule has 0 saturated heterocycles. The molecule has 14 heteroatoms. The largest absolute Gasteiger partial charge is 0.495 e. The van der Waals surface area contributed by atoms with Gasteiger partial charge in [0.15, 0.2) is 0 Å². The Morgan fingerprint density at radius 1 is 1.16 bits per heavy atom. The second-order valence-electron chi connectivity index (χ2n) is 8.60. The fourth-order valence-corrected chi connectivity index (χ4v) is 4.85. The number of nitrogens with zero attached hydrogens (tertiary/aromatic N) is 3. The molecule has 0 spiro atoms. The molecule has 2 amide bonds. The van der Waals surface area contributed by atoms with Crippen LogP contribution in [0.15, 0.2) is 36.4 Å². The van der Waals surface area contributed by atoms with Gasteiger partial charge in [-0.2, -0.15) is 0 Å². The molecule has 2 rings (SSSR count). The first-order valence-electron chi connectivity index (χ1n) is 11.5. The zero-order valence-electron chi connectivity index (χ0n) is 21.6. The van der Waals surface area contributed by atoms with Gasteiger partial charge in [-0.3, -0.25) is 24.0 Å². The minimum atomic E-state index is -4.15. The number of hydrogen-bond acceptors (Lipinski definition) is 7. The van der Waals surface area contributed by atoms with E-state index in [4.69, 9.17) is 27.9 Å². The standard InChI is InChI=1S/C24H30Cl2N4O7S/c1-6-15(2)27-24(32)16(3)28(13-18-19(25)8-7-9-20(18)26)23(31)14-29(38(5,35)36)21-12-17(30(33)34)10-11-22(21)37-4/h7-12,15-16H,6,13-14H2,1-5H3,(H,27,32)/t15-,16-/m1/s1. The molecule has 0 aliphatic rings. The molecule has 0 saturated carbocycles. The highest BCUT2D eigenvalue weighted by atomic mass is 35.5. The van der Waals surface area contributed by atoms with Gasteiger partial charge in [-0.1, -0.05) is 36.2 Å². The Morgan fingerprint density at radius 3 is 2.26 bits per heavy atom. The SMILES string of the molecule is CC[C@@H](C)NC(=O)[C@@H](C)N(Cc1c(Cl)cccc1Cl)C(=O)CN(c1cc([N+](=O)[O-])ccc1OC)S(C)(=O)=O. The van der Waals surface area contributed by atoms with Gasteiger partial charge in [-0.25, -0.2) is 8.42 Å². The highest BCUT2D eigenvalue weighted by molar-refractivity contribution is 7.92. The molecule has 0 aliphatic carbocycles. The maximum absolute atomic E-state index is 13.7. The molecule has 0 unspecified atom stereocenters. The van der Waals surface area contributed by atoms with Crippen LogP contribution in [0.2, 0.25) is 10.0 Å². The lowest BCUT2D eigenvalue weighted by Gasteiger charge is -2.32. The van der Waals surface area contributed by atoms with E-state index >= 15 is 0 Å². The van der Waals surface area contributed by atoms with E-state index in [9.17, 15) is 28.1 Å². The van der Waals surface area contributed by atoms with E-state index in [0.717, 1.165) is 23.3 Å². The minimum Gasteiger partial charge on any atom is -0.495 e. The third kappa shape index (κ3) is 7.71. The number of hydrogen-bond donors (Lipinski definition) is 1. The number of nitro benzene ring substituents is 1. The lowest BCUT2D eigenvalue weighted by atomic mass is 10.1. The topological polar surface area (TPSA) is 139 Å². The number of rotatable bonds is 12. The van der Waals surface area contributed by atoms with Gasteiger partial charge < -0.3 is 15.0 Å². The summed E-state index contributed by atoms with van der Waals surface area (Å²) in [4.78, 5) is 38.5. The van der Waals surface area contributed by atoms with E-state index in [0.29, 0.717) is 16.3 Å². The molecule has 0 heterocycles. The number of benzene rings is 2. The van der Waals surface area contributed by atoms with Gasteiger partial charge in [0.05, 0.1) is 18.3 Å². The van der Waals surface area contributed by atoms with Crippen molar-refractivity contribution < 1.29 is 27.7 Å². The van der Waals surface area contributed by atoms with Crippen molar-refractivity contribution in [3.05, 3.63) is 62.1 Å². The Hall–Kier alpha value is -3.09. The number of amides is 2. The Bertz CT molecular complexity index is 1290. The summed E-state index contributed by atoms with van der Waals surface area (Å²) in [7, 11) is -2.89. The van der Waals surface area contributed by atoms with Crippen molar-refractivity contribution in [2.45, 2.75) is 45.8 Å². The molecule has 2 aromatic rings. The first kappa shape index (κ1) is 31.1. The zero-order chi connectivity index (χ0) is 28.8. The van der Waals surface area contributed by atoms with Crippen molar-refractivity contribution >= 4 is 56.4 Å². The van der Waals surface area contributed by atoms with E-state index < -0.39 is 45.0 Å². The summed E-state index contributed by atoms with van der Waals surface area (Å²) < 4.78 is 31.5. The summed E-state index contributed by atoms with van der Waals surface area (Å²) >= 11 is 12.6. The van der Waals surface area contributed by atoms with Gasteiger partial charge in [-0.15, -0.1) is 0 Å². The van der Waals surface area contributed by atoms with Crippen LogP contribution < -0.4 is 14.4 Å². The number of ether oxygens (including phenoxy) is 1. The molecule has 0 radical (unpaired) electrons. The molecular weight excluding hydrogens is 559 g/mol. The Labute approximate surface area is 231 Å². The van der Waals surface area contributed by atoms with Crippen LogP contribution in [0.4, 0.5) is 11.4 Å². The van der Waals surface area contributed by atoms with Crippen LogP contribution in [-0.2, 0) is 26.2 Å². The summed E-state index contributed by atoms with van der Waals surface area (Å²) in [5, 5.41) is 14.7. The maximum atomic E-state index is 13.7. The lowest BCUT2D eigenvalue weighted by Crippen LogP contribution is -2.52. The third-order valence-electron chi connectivity index (χ3n) is 5.88. The molecule has 208 valence electrons. The molecule has 0 aromatic heterocycles. The number of methoxy groups -OCH3 is 1. The average Bonchev–Trinajstić information content (AvgIpc) is 2.85. The number of nitrogens with one attached hydrogen (secondary N) is 1. The van der Waals surface area contributed by atoms with E-state index in [1.54, 1.807) is 18.2 Å². The molecule has 2 atom stereocenters. The van der Waals surface area contributed by atoms with Gasteiger partial charge in [-0.05, 0) is 38.5 Å². The minimum absolute atomic E-state index is 0.00270. The van der Waals surface area contributed by atoms with Crippen LogP contribution in [-0.4, -0.2) is 62.0 Å². The monoisotopic (exact) mass is 588 g/mol. The Kier molecular flexibility index (Phi) is 10.7. The molecule has 0 fully saturated rings. The normalized spacial score (nSPS) is 12.8. The van der Waals surface area contributed by atoms with E-state index in [-0.39, 0.29) is 34.1 Å². The van der Waals surface area contributed by atoms with Crippen LogP contribution >= 0.6 is 23.2 Å². The average molecular weight is 589 g/mol. The third-order valence-corrected chi connectivity index (χ3v) is 7.71. The van der Waals surface area contributed by atoms with Gasteiger partial charge in [0.25, 0.3) is 5.69 Å². The number of carbonyl (C=O) groups excluding carboxylic acids is 2. The molecule has 2 aromatic carbocycles. The fraction of sp³-hybridized carbons (Fsp3) is 0.417. The maximum Gasteiger partial charge on any atom is 0.271 e. The molecular formula is C24H30Cl2N4O7S. The second-order valence-corrected chi connectivity index (χ2v) is 11.3. The number of non-ortho nitro benzene ring substituents is 1. The van der Waals surface area contributed by atoms with Crippen molar-refractivity contribution in [2.75, 3.05) is 24.2 Å². The summed E-state index contributed by atoms with van der Waals surface area (Å²) in [5.74, 6) is -1.24. The van der Waals surface area contributed by atoms with E-state index in [1.807, 2.05) is 13.8 Å². The van der Waals surface area contributed by atoms with Gasteiger partial charge in [0.1, 0.15) is 24.0 Å². The first-order chi connectivity index (χ1) is 17.7. The van der Waals surface area contributed by atoms with Gasteiger partial charge in [0, 0.05) is 40.3 Å². The van der Waals surface area contributed by atoms with Gasteiger partial charge in [0.2, 0.25) is 21.8 Å². The quantitative estimate of drug-likeness (QED) is 0.292. The van der Waals surface area contributed by atoms with Crippen molar-refractivity contribution in [2.24, 2.45) is 0 Å². The van der Waals surface area contributed by atoms with Crippen LogP contribution in [0.1, 0.15) is 32.8 Å². The second kappa shape index (κ2) is 13.1. The Morgan fingerprint density at radius 2 is 1.76 bits per heavy atom. The number of carbonyl (C=O) groups is 2. The first-order valence-corrected chi connectivity index (χ1v) is 14.1. The molecule has 1 N–H and O–H groups in total. The number of sulfonamides is 1. The van der Waals surface area contributed by atoms with Crippen LogP contribution in [0.3, 0.4) is 0 Å². The van der Waals surface area contributed by atoms with Crippen molar-refractivity contribution in [1.29, 1.82) is 0 Å². The lowest BCUT2D eigenvalue weighted by molar-refractivity contribution is -0.384. The van der Waals surface area contributed by atoms with Crippen molar-refractivity contribution in [3.8, 4) is 5.75 Å². The highest BCUT2D eigenvalue weighted by Crippen LogP contribution is 2.34. The van der Waals surface area contributed by atoms with Crippen molar-refractivity contribution in [3.63, 3.8) is 0 Å². The van der Waals surface area contributed by atoms with Crippen LogP contribution in [0.25, 0.3) is 0 Å². The van der Waals surface area contributed by atoms with Crippen molar-refractivity contribution in [1.82, 2.24) is 10.2 Å². The summed E-state index contributed by atoms with van der Waals surface area (Å²) in [6.45, 7) is 4.22. The predicted octanol–water partition coefficient (Wildman–Crippen LogP) is 4.01. The highest BCUT2D eigenvalue weighted by Gasteiger charge is 2.33. The summed E-state index contributed by atoms with van der Waals surface area (Å²) in [5.41, 5.74) is -0.237. The van der Waals surface area contributed by atoms with E-state index in [1.165, 1.54) is 20.1 Å².